The molecule has 0 amide bonds. The van der Waals surface area contributed by atoms with E-state index in [1.54, 1.807) is 12.1 Å². The Morgan fingerprint density at radius 3 is 2.65 bits per heavy atom. The Balaban J connectivity index is 2.25. The molecule has 1 unspecified atom stereocenters. The molecule has 0 saturated heterocycles. The molecule has 0 aliphatic heterocycles. The van der Waals surface area contributed by atoms with Gasteiger partial charge in [0.2, 0.25) is 0 Å². The van der Waals surface area contributed by atoms with Crippen molar-refractivity contribution in [2.45, 2.75) is 19.3 Å². The van der Waals surface area contributed by atoms with Gasteiger partial charge in [-0.3, -0.25) is 0 Å². The number of rotatable bonds is 5. The molecule has 0 aromatic heterocycles. The summed E-state index contributed by atoms with van der Waals surface area (Å²) in [4.78, 5) is 0. The van der Waals surface area contributed by atoms with Crippen LogP contribution in [-0.2, 0) is 6.42 Å². The molecule has 2 rings (SSSR count). The molecule has 1 atom stereocenters. The molecular weight excluding hydrogens is 317 g/mol. The maximum absolute atomic E-state index is 13.2. The Morgan fingerprint density at radius 2 is 2.00 bits per heavy atom. The number of hydrogen-bond donors (Lipinski definition) is 1. The second-order valence-electron chi connectivity index (χ2n) is 5.08. The van der Waals surface area contributed by atoms with Gasteiger partial charge in [-0.05, 0) is 61.3 Å². The summed E-state index contributed by atoms with van der Waals surface area (Å²) in [6.45, 7) is 2.86. The second kappa shape index (κ2) is 7.00. The van der Waals surface area contributed by atoms with Crippen molar-refractivity contribution >= 4 is 15.9 Å². The minimum absolute atomic E-state index is 0.168. The number of likely N-dealkylation sites (N-methyl/N-ethyl adjacent to an activating group) is 1. The quantitative estimate of drug-likeness (QED) is 0.851. The third-order valence-electron chi connectivity index (χ3n) is 3.54. The van der Waals surface area contributed by atoms with E-state index in [1.165, 1.54) is 11.1 Å². The normalized spacial score (nSPS) is 12.4. The molecule has 0 fully saturated rings. The summed E-state index contributed by atoms with van der Waals surface area (Å²) in [6, 6.07) is 13.4. The van der Waals surface area contributed by atoms with Gasteiger partial charge in [-0.15, -0.1) is 0 Å². The van der Waals surface area contributed by atoms with Gasteiger partial charge in [0.25, 0.3) is 0 Å². The van der Waals surface area contributed by atoms with Crippen molar-refractivity contribution in [2.75, 3.05) is 13.6 Å². The maximum atomic E-state index is 13.2. The molecule has 0 heterocycles. The first-order chi connectivity index (χ1) is 9.60. The van der Waals surface area contributed by atoms with Gasteiger partial charge in [0.1, 0.15) is 5.82 Å². The lowest BCUT2D eigenvalue weighted by Crippen LogP contribution is -2.19. The molecule has 0 spiro atoms. The van der Waals surface area contributed by atoms with Gasteiger partial charge >= 0.3 is 0 Å². The van der Waals surface area contributed by atoms with E-state index < -0.39 is 0 Å². The van der Waals surface area contributed by atoms with E-state index in [4.69, 9.17) is 0 Å². The fourth-order valence-corrected chi connectivity index (χ4v) is 2.89. The molecule has 1 nitrogen and oxygen atoms in total. The largest absolute Gasteiger partial charge is 0.319 e. The Morgan fingerprint density at radius 1 is 1.20 bits per heavy atom. The number of nitrogens with one attached hydrogen (secondary N) is 1. The average Bonchev–Trinajstić information content (AvgIpc) is 2.41. The summed E-state index contributed by atoms with van der Waals surface area (Å²) in [5, 5.41) is 3.25. The Hall–Kier alpha value is -1.19. The lowest BCUT2D eigenvalue weighted by molar-refractivity contribution is 0.613. The molecule has 0 aliphatic carbocycles. The van der Waals surface area contributed by atoms with Crippen LogP contribution in [0.2, 0.25) is 0 Å². The summed E-state index contributed by atoms with van der Waals surface area (Å²) < 4.78 is 14.3. The fourth-order valence-electron chi connectivity index (χ4n) is 2.47. The lowest BCUT2D eigenvalue weighted by Gasteiger charge is -2.19. The number of benzene rings is 2. The van der Waals surface area contributed by atoms with Gasteiger partial charge in [0, 0.05) is 16.9 Å². The summed E-state index contributed by atoms with van der Waals surface area (Å²) in [6.07, 6.45) is 0.906. The SMILES string of the molecule is CNCC(Cc1ccc(F)cc1C)c1cccc(Br)c1. The molecule has 20 heavy (non-hydrogen) atoms. The van der Waals surface area contributed by atoms with Crippen LogP contribution in [0.3, 0.4) is 0 Å². The van der Waals surface area contributed by atoms with Crippen molar-refractivity contribution < 1.29 is 4.39 Å². The zero-order valence-electron chi connectivity index (χ0n) is 11.8. The maximum Gasteiger partial charge on any atom is 0.123 e. The van der Waals surface area contributed by atoms with Crippen LogP contribution in [0, 0.1) is 12.7 Å². The molecule has 3 heteroatoms. The van der Waals surface area contributed by atoms with Crippen molar-refractivity contribution in [3.8, 4) is 0 Å². The molecule has 0 radical (unpaired) electrons. The standard InChI is InChI=1S/C17H19BrFN/c1-12-8-17(19)7-6-13(12)9-15(11-20-2)14-4-3-5-16(18)10-14/h3-8,10,15,20H,9,11H2,1-2H3. The molecule has 0 aliphatic rings. The van der Waals surface area contributed by atoms with Crippen LogP contribution in [0.4, 0.5) is 4.39 Å². The predicted octanol–water partition coefficient (Wildman–Crippen LogP) is 4.44. The number of halogens is 2. The first-order valence-corrected chi connectivity index (χ1v) is 7.54. The average molecular weight is 336 g/mol. The third kappa shape index (κ3) is 3.90. The van der Waals surface area contributed by atoms with Crippen molar-refractivity contribution in [1.82, 2.24) is 5.32 Å². The fraction of sp³-hybridized carbons (Fsp3) is 0.294. The summed E-state index contributed by atoms with van der Waals surface area (Å²) in [5.74, 6) is 0.209. The van der Waals surface area contributed by atoms with E-state index in [0.717, 1.165) is 23.0 Å². The third-order valence-corrected chi connectivity index (χ3v) is 4.03. The van der Waals surface area contributed by atoms with E-state index in [2.05, 4.69) is 39.4 Å². The Labute approximate surface area is 128 Å². The van der Waals surface area contributed by atoms with Gasteiger partial charge in [-0.2, -0.15) is 0 Å². The molecule has 106 valence electrons. The second-order valence-corrected chi connectivity index (χ2v) is 6.00. The summed E-state index contributed by atoms with van der Waals surface area (Å²) in [7, 11) is 1.96. The van der Waals surface area contributed by atoms with Gasteiger partial charge in [-0.1, -0.05) is 34.1 Å². The molecule has 0 saturated carbocycles. The minimum Gasteiger partial charge on any atom is -0.319 e. The lowest BCUT2D eigenvalue weighted by atomic mass is 9.90. The monoisotopic (exact) mass is 335 g/mol. The molecule has 0 bridgehead atoms. The van der Waals surface area contributed by atoms with Crippen LogP contribution in [0.1, 0.15) is 22.6 Å². The van der Waals surface area contributed by atoms with Crippen LogP contribution in [0.15, 0.2) is 46.9 Å². The van der Waals surface area contributed by atoms with Crippen LogP contribution in [0.25, 0.3) is 0 Å². The first kappa shape index (κ1) is 15.2. The van der Waals surface area contributed by atoms with E-state index in [1.807, 2.05) is 26.1 Å². The number of aryl methyl sites for hydroxylation is 1. The predicted molar refractivity (Wildman–Crippen MR) is 85.7 cm³/mol. The molecule has 2 aromatic rings. The van der Waals surface area contributed by atoms with Crippen molar-refractivity contribution in [1.29, 1.82) is 0 Å². The zero-order chi connectivity index (χ0) is 14.5. The number of hydrogen-bond acceptors (Lipinski definition) is 1. The summed E-state index contributed by atoms with van der Waals surface area (Å²) in [5.41, 5.74) is 3.50. The minimum atomic E-state index is -0.168. The van der Waals surface area contributed by atoms with Gasteiger partial charge in [0.15, 0.2) is 0 Å². The van der Waals surface area contributed by atoms with E-state index >= 15 is 0 Å². The zero-order valence-corrected chi connectivity index (χ0v) is 13.4. The highest BCUT2D eigenvalue weighted by Crippen LogP contribution is 2.25. The Kier molecular flexibility index (Phi) is 5.32. The van der Waals surface area contributed by atoms with E-state index in [9.17, 15) is 4.39 Å². The Bertz CT molecular complexity index is 583. The van der Waals surface area contributed by atoms with E-state index in [0.29, 0.717) is 5.92 Å². The van der Waals surface area contributed by atoms with Crippen LogP contribution in [0.5, 0.6) is 0 Å². The molecular formula is C17H19BrFN. The first-order valence-electron chi connectivity index (χ1n) is 6.75. The summed E-state index contributed by atoms with van der Waals surface area (Å²) >= 11 is 3.52. The molecule has 1 N–H and O–H groups in total. The van der Waals surface area contributed by atoms with Crippen LogP contribution >= 0.6 is 15.9 Å². The smallest absolute Gasteiger partial charge is 0.123 e. The van der Waals surface area contributed by atoms with Crippen molar-refractivity contribution in [2.24, 2.45) is 0 Å². The van der Waals surface area contributed by atoms with Crippen LogP contribution < -0.4 is 5.32 Å². The van der Waals surface area contributed by atoms with Crippen LogP contribution in [-0.4, -0.2) is 13.6 Å². The topological polar surface area (TPSA) is 12.0 Å². The highest BCUT2D eigenvalue weighted by Gasteiger charge is 2.13. The highest BCUT2D eigenvalue weighted by molar-refractivity contribution is 9.10. The molecule has 2 aromatic carbocycles. The van der Waals surface area contributed by atoms with Crippen molar-refractivity contribution in [3.05, 3.63) is 69.4 Å². The van der Waals surface area contributed by atoms with E-state index in [-0.39, 0.29) is 5.82 Å². The van der Waals surface area contributed by atoms with Crippen molar-refractivity contribution in [3.63, 3.8) is 0 Å². The van der Waals surface area contributed by atoms with Gasteiger partial charge in [-0.25, -0.2) is 4.39 Å². The highest BCUT2D eigenvalue weighted by atomic mass is 79.9. The van der Waals surface area contributed by atoms with Gasteiger partial charge in [0.05, 0.1) is 0 Å². The van der Waals surface area contributed by atoms with Gasteiger partial charge < -0.3 is 5.32 Å².